The van der Waals surface area contributed by atoms with Crippen molar-refractivity contribution in [2.24, 2.45) is 0 Å². The van der Waals surface area contributed by atoms with Crippen molar-refractivity contribution in [3.8, 4) is 5.75 Å². The summed E-state index contributed by atoms with van der Waals surface area (Å²) in [5.41, 5.74) is 6.31. The van der Waals surface area contributed by atoms with Gasteiger partial charge in [0.25, 0.3) is 0 Å². The minimum atomic E-state index is 0.365. The third-order valence-electron chi connectivity index (χ3n) is 4.70. The topological polar surface area (TPSA) is 9.23 Å². The number of benzene rings is 2. The number of aryl methyl sites for hydroxylation is 1. The zero-order valence-electron chi connectivity index (χ0n) is 15.1. The SMILES string of the molecule is C=CCC(CC=C)c1cc(C)c(C)c(C)c1OCc1ccccc1. The van der Waals surface area contributed by atoms with Gasteiger partial charge >= 0.3 is 0 Å². The molecule has 2 aromatic carbocycles. The molecule has 0 saturated heterocycles. The van der Waals surface area contributed by atoms with E-state index in [0.717, 1.165) is 18.6 Å². The normalized spacial score (nSPS) is 10.7. The smallest absolute Gasteiger partial charge is 0.126 e. The summed E-state index contributed by atoms with van der Waals surface area (Å²) in [7, 11) is 0. The van der Waals surface area contributed by atoms with Crippen LogP contribution in [-0.2, 0) is 6.61 Å². The maximum Gasteiger partial charge on any atom is 0.126 e. The molecule has 0 fully saturated rings. The van der Waals surface area contributed by atoms with Crippen LogP contribution in [-0.4, -0.2) is 0 Å². The van der Waals surface area contributed by atoms with E-state index in [1.807, 2.05) is 30.4 Å². The number of hydrogen-bond donors (Lipinski definition) is 0. The van der Waals surface area contributed by atoms with Crippen molar-refractivity contribution in [3.63, 3.8) is 0 Å². The maximum absolute atomic E-state index is 6.29. The lowest BCUT2D eigenvalue weighted by atomic mass is 9.87. The molecule has 0 unspecified atom stereocenters. The van der Waals surface area contributed by atoms with E-state index in [1.165, 1.54) is 27.8 Å². The Morgan fingerprint density at radius 2 is 1.58 bits per heavy atom. The number of ether oxygens (including phenoxy) is 1. The molecule has 0 spiro atoms. The van der Waals surface area contributed by atoms with Crippen LogP contribution in [0.3, 0.4) is 0 Å². The Balaban J connectivity index is 2.40. The quantitative estimate of drug-likeness (QED) is 0.509. The molecule has 0 heterocycles. The minimum Gasteiger partial charge on any atom is -0.488 e. The predicted octanol–water partition coefficient (Wildman–Crippen LogP) is 6.43. The summed E-state index contributed by atoms with van der Waals surface area (Å²) in [5, 5.41) is 0. The van der Waals surface area contributed by atoms with Gasteiger partial charge < -0.3 is 4.74 Å². The van der Waals surface area contributed by atoms with E-state index in [0.29, 0.717) is 12.5 Å². The Hall–Kier alpha value is -2.28. The summed E-state index contributed by atoms with van der Waals surface area (Å²) in [4.78, 5) is 0. The van der Waals surface area contributed by atoms with E-state index in [4.69, 9.17) is 4.74 Å². The van der Waals surface area contributed by atoms with E-state index in [1.54, 1.807) is 0 Å². The second kappa shape index (κ2) is 8.54. The highest BCUT2D eigenvalue weighted by molar-refractivity contribution is 5.51. The molecule has 126 valence electrons. The Labute approximate surface area is 146 Å². The first-order valence-electron chi connectivity index (χ1n) is 8.57. The van der Waals surface area contributed by atoms with Crippen LogP contribution in [0, 0.1) is 20.8 Å². The number of rotatable bonds is 8. The van der Waals surface area contributed by atoms with E-state index in [2.05, 4.69) is 52.1 Å². The third kappa shape index (κ3) is 4.17. The van der Waals surface area contributed by atoms with Crippen LogP contribution >= 0.6 is 0 Å². The standard InChI is InChI=1S/C23H28O/c1-6-11-21(12-7-2)22-15-17(3)18(4)19(5)23(22)24-16-20-13-9-8-10-14-20/h6-10,13-15,21H,1-2,11-12,16H2,3-5H3. The van der Waals surface area contributed by atoms with Gasteiger partial charge in [-0.05, 0) is 67.3 Å². The molecule has 0 aliphatic heterocycles. The van der Waals surface area contributed by atoms with Crippen LogP contribution in [0.15, 0.2) is 61.7 Å². The van der Waals surface area contributed by atoms with Crippen molar-refractivity contribution in [1.82, 2.24) is 0 Å². The van der Waals surface area contributed by atoms with Gasteiger partial charge in [-0.25, -0.2) is 0 Å². The molecule has 0 N–H and O–H groups in total. The number of allylic oxidation sites excluding steroid dienone is 2. The molecule has 1 heteroatoms. The molecule has 2 rings (SSSR count). The summed E-state index contributed by atoms with van der Waals surface area (Å²) < 4.78 is 6.29. The molecule has 0 saturated carbocycles. The molecule has 0 aliphatic rings. The van der Waals surface area contributed by atoms with Gasteiger partial charge in [-0.1, -0.05) is 48.6 Å². The lowest BCUT2D eigenvalue weighted by Crippen LogP contribution is -2.07. The fraction of sp³-hybridized carbons (Fsp3) is 0.304. The van der Waals surface area contributed by atoms with Gasteiger partial charge in [0, 0.05) is 0 Å². The van der Waals surface area contributed by atoms with Gasteiger partial charge in [0.15, 0.2) is 0 Å². The molecule has 24 heavy (non-hydrogen) atoms. The van der Waals surface area contributed by atoms with Crippen molar-refractivity contribution < 1.29 is 4.74 Å². The van der Waals surface area contributed by atoms with E-state index in [9.17, 15) is 0 Å². The highest BCUT2D eigenvalue weighted by Gasteiger charge is 2.19. The molecule has 0 atom stereocenters. The molecule has 1 nitrogen and oxygen atoms in total. The first-order valence-corrected chi connectivity index (χ1v) is 8.57. The molecule has 2 aromatic rings. The highest BCUT2D eigenvalue weighted by Crippen LogP contribution is 2.38. The first kappa shape index (κ1) is 18.1. The summed E-state index contributed by atoms with van der Waals surface area (Å²) in [6, 6.07) is 12.6. The van der Waals surface area contributed by atoms with Crippen LogP contribution in [0.25, 0.3) is 0 Å². The van der Waals surface area contributed by atoms with Gasteiger partial charge in [-0.2, -0.15) is 0 Å². The zero-order chi connectivity index (χ0) is 17.5. The Kier molecular flexibility index (Phi) is 6.43. The highest BCUT2D eigenvalue weighted by atomic mass is 16.5. The second-order valence-electron chi connectivity index (χ2n) is 6.38. The van der Waals surface area contributed by atoms with Crippen molar-refractivity contribution in [3.05, 3.63) is 89.5 Å². The summed E-state index contributed by atoms with van der Waals surface area (Å²) in [5.74, 6) is 1.39. The maximum atomic E-state index is 6.29. The van der Waals surface area contributed by atoms with Crippen molar-refractivity contribution in [2.75, 3.05) is 0 Å². The fourth-order valence-electron chi connectivity index (χ4n) is 3.07. The lowest BCUT2D eigenvalue weighted by Gasteiger charge is -2.23. The molecule has 0 amide bonds. The van der Waals surface area contributed by atoms with Gasteiger partial charge in [-0.15, -0.1) is 13.2 Å². The van der Waals surface area contributed by atoms with Crippen LogP contribution in [0.2, 0.25) is 0 Å². The van der Waals surface area contributed by atoms with E-state index in [-0.39, 0.29) is 0 Å². The average Bonchev–Trinajstić information content (AvgIpc) is 2.59. The lowest BCUT2D eigenvalue weighted by molar-refractivity contribution is 0.298. The Morgan fingerprint density at radius 1 is 0.958 bits per heavy atom. The van der Waals surface area contributed by atoms with Crippen molar-refractivity contribution >= 4 is 0 Å². The molecule has 0 aromatic heterocycles. The minimum absolute atomic E-state index is 0.365. The van der Waals surface area contributed by atoms with Gasteiger partial charge in [-0.3, -0.25) is 0 Å². The number of hydrogen-bond acceptors (Lipinski definition) is 1. The zero-order valence-corrected chi connectivity index (χ0v) is 15.1. The second-order valence-corrected chi connectivity index (χ2v) is 6.38. The molecular weight excluding hydrogens is 292 g/mol. The fourth-order valence-corrected chi connectivity index (χ4v) is 3.07. The Morgan fingerprint density at radius 3 is 2.17 bits per heavy atom. The monoisotopic (exact) mass is 320 g/mol. The Bertz CT molecular complexity index is 688. The van der Waals surface area contributed by atoms with Gasteiger partial charge in [0.1, 0.15) is 12.4 Å². The van der Waals surface area contributed by atoms with Gasteiger partial charge in [0.05, 0.1) is 0 Å². The summed E-state index contributed by atoms with van der Waals surface area (Å²) in [6.45, 7) is 14.9. The largest absolute Gasteiger partial charge is 0.488 e. The van der Waals surface area contributed by atoms with Gasteiger partial charge in [0.2, 0.25) is 0 Å². The predicted molar refractivity (Wildman–Crippen MR) is 104 cm³/mol. The van der Waals surface area contributed by atoms with Crippen LogP contribution < -0.4 is 4.74 Å². The molecule has 0 radical (unpaired) electrons. The molecular formula is C23H28O. The first-order chi connectivity index (χ1) is 11.6. The summed E-state index contributed by atoms with van der Waals surface area (Å²) in [6.07, 6.45) is 5.82. The average molecular weight is 320 g/mol. The molecule has 0 aliphatic carbocycles. The van der Waals surface area contributed by atoms with E-state index >= 15 is 0 Å². The van der Waals surface area contributed by atoms with Crippen LogP contribution in [0.1, 0.15) is 46.6 Å². The van der Waals surface area contributed by atoms with Crippen molar-refractivity contribution in [2.45, 2.75) is 46.1 Å². The molecule has 0 bridgehead atoms. The van der Waals surface area contributed by atoms with Crippen LogP contribution in [0.4, 0.5) is 0 Å². The van der Waals surface area contributed by atoms with E-state index < -0.39 is 0 Å². The third-order valence-corrected chi connectivity index (χ3v) is 4.70. The summed E-state index contributed by atoms with van der Waals surface area (Å²) >= 11 is 0. The van der Waals surface area contributed by atoms with Crippen LogP contribution in [0.5, 0.6) is 5.75 Å². The van der Waals surface area contributed by atoms with Crippen molar-refractivity contribution in [1.29, 1.82) is 0 Å².